The van der Waals surface area contributed by atoms with Crippen LogP contribution in [0.15, 0.2) is 30.5 Å². The highest BCUT2D eigenvalue weighted by molar-refractivity contribution is 5.96. The maximum absolute atomic E-state index is 13.3. The second-order valence-electron chi connectivity index (χ2n) is 15.7. The molecule has 2 saturated carbocycles. The van der Waals surface area contributed by atoms with Gasteiger partial charge in [-0.05, 0) is 108 Å². The molecule has 1 aromatic carbocycles. The summed E-state index contributed by atoms with van der Waals surface area (Å²) in [5, 5.41) is 3.38. The number of piperidine rings is 2. The Bertz CT molecular complexity index is 1420. The van der Waals surface area contributed by atoms with Crippen molar-refractivity contribution in [3.63, 3.8) is 0 Å². The van der Waals surface area contributed by atoms with Crippen molar-refractivity contribution in [3.8, 4) is 0 Å². The van der Waals surface area contributed by atoms with Gasteiger partial charge in [0.25, 0.3) is 5.91 Å². The average Bonchev–Trinajstić information content (AvgIpc) is 3.71. The van der Waals surface area contributed by atoms with Gasteiger partial charge in [-0.15, -0.1) is 0 Å². The van der Waals surface area contributed by atoms with Crippen LogP contribution in [0, 0.1) is 11.8 Å². The Morgan fingerprint density at radius 2 is 1.62 bits per heavy atom. The zero-order valence-corrected chi connectivity index (χ0v) is 28.5. The standard InChI is InChI=1S/C37H53N7O3/c1-37(2,3)47-36(46)43-20-17-30-31(43)21-27(24-7-6-8-24)23-44(30)32-22-39-33(34(38)45)35(41-32)40-28-13-11-25(12-14-28)26-15-18-42(19-16-26)29-9-4-5-10-29/h11-14,22,24,26-27,29-31H,4-10,15-21,23H2,1-3H3,(H2,38,45)(H,40,41)/t27?,30-,31-/m1/s1. The second kappa shape index (κ2) is 13.2. The van der Waals surface area contributed by atoms with Crippen LogP contribution < -0.4 is 16.0 Å². The lowest BCUT2D eigenvalue weighted by Gasteiger charge is -2.48. The summed E-state index contributed by atoms with van der Waals surface area (Å²) in [6, 6.07) is 9.55. The average molecular weight is 644 g/mol. The summed E-state index contributed by atoms with van der Waals surface area (Å²) in [6.45, 7) is 9.65. The van der Waals surface area contributed by atoms with E-state index in [0.29, 0.717) is 35.9 Å². The molecule has 10 nitrogen and oxygen atoms in total. The van der Waals surface area contributed by atoms with Gasteiger partial charge >= 0.3 is 6.09 Å². The molecular formula is C37H53N7O3. The molecule has 47 heavy (non-hydrogen) atoms. The van der Waals surface area contributed by atoms with Crippen LogP contribution in [0.5, 0.6) is 0 Å². The number of amides is 2. The van der Waals surface area contributed by atoms with Crippen molar-refractivity contribution in [3.05, 3.63) is 41.7 Å². The number of anilines is 3. The van der Waals surface area contributed by atoms with Crippen LogP contribution in [0.2, 0.25) is 0 Å². The van der Waals surface area contributed by atoms with E-state index in [4.69, 9.17) is 15.5 Å². The highest BCUT2D eigenvalue weighted by Crippen LogP contribution is 2.44. The van der Waals surface area contributed by atoms with Crippen molar-refractivity contribution in [2.45, 2.75) is 121 Å². The van der Waals surface area contributed by atoms with E-state index in [2.05, 4.69) is 44.4 Å². The molecule has 5 fully saturated rings. The Morgan fingerprint density at radius 1 is 0.894 bits per heavy atom. The normalized spacial score (nSPS) is 26.2. The molecule has 7 rings (SSSR count). The monoisotopic (exact) mass is 643 g/mol. The van der Waals surface area contributed by atoms with Crippen LogP contribution in [0.3, 0.4) is 0 Å². The molecule has 3 atom stereocenters. The molecule has 10 heteroatoms. The molecule has 3 saturated heterocycles. The van der Waals surface area contributed by atoms with Gasteiger partial charge in [0.2, 0.25) is 0 Å². The topological polar surface area (TPSA) is 117 Å². The molecule has 1 aromatic heterocycles. The fourth-order valence-corrected chi connectivity index (χ4v) is 8.95. The summed E-state index contributed by atoms with van der Waals surface area (Å²) < 4.78 is 5.82. The summed E-state index contributed by atoms with van der Waals surface area (Å²) in [6.07, 6.45) is 14.9. The molecule has 2 aromatic rings. The van der Waals surface area contributed by atoms with Gasteiger partial charge in [-0.2, -0.15) is 0 Å². The number of likely N-dealkylation sites (tertiary alicyclic amines) is 2. The van der Waals surface area contributed by atoms with E-state index in [1.165, 1.54) is 76.4 Å². The molecule has 0 radical (unpaired) electrons. The van der Waals surface area contributed by atoms with Crippen LogP contribution in [0.1, 0.15) is 113 Å². The van der Waals surface area contributed by atoms with Gasteiger partial charge in [-0.1, -0.05) is 44.2 Å². The van der Waals surface area contributed by atoms with Crippen molar-refractivity contribution >= 4 is 29.3 Å². The van der Waals surface area contributed by atoms with Gasteiger partial charge in [0.1, 0.15) is 11.4 Å². The summed E-state index contributed by atoms with van der Waals surface area (Å²) in [5.41, 5.74) is 7.60. The van der Waals surface area contributed by atoms with E-state index in [9.17, 15) is 9.59 Å². The van der Waals surface area contributed by atoms with Crippen LogP contribution in [0.25, 0.3) is 0 Å². The van der Waals surface area contributed by atoms with Crippen molar-refractivity contribution < 1.29 is 14.3 Å². The lowest BCUT2D eigenvalue weighted by atomic mass is 9.71. The van der Waals surface area contributed by atoms with Gasteiger partial charge in [-0.25, -0.2) is 14.8 Å². The highest BCUT2D eigenvalue weighted by atomic mass is 16.6. The number of primary amides is 1. The summed E-state index contributed by atoms with van der Waals surface area (Å²) in [5.74, 6) is 2.17. The third-order valence-corrected chi connectivity index (χ3v) is 11.6. The third-order valence-electron chi connectivity index (χ3n) is 11.6. The van der Waals surface area contributed by atoms with E-state index in [1.54, 1.807) is 6.20 Å². The number of nitrogens with zero attached hydrogens (tertiary/aromatic N) is 5. The summed E-state index contributed by atoms with van der Waals surface area (Å²) in [4.78, 5) is 42.3. The first kappa shape index (κ1) is 32.2. The van der Waals surface area contributed by atoms with E-state index >= 15 is 0 Å². The first-order valence-corrected chi connectivity index (χ1v) is 18.2. The van der Waals surface area contributed by atoms with Crippen molar-refractivity contribution in [1.29, 1.82) is 0 Å². The Labute approximate surface area is 279 Å². The van der Waals surface area contributed by atoms with Gasteiger partial charge < -0.3 is 30.5 Å². The Hall–Kier alpha value is -3.40. The Morgan fingerprint density at radius 3 is 2.26 bits per heavy atom. The number of benzene rings is 1. The second-order valence-corrected chi connectivity index (χ2v) is 15.7. The van der Waals surface area contributed by atoms with Gasteiger partial charge in [0.05, 0.1) is 18.3 Å². The highest BCUT2D eigenvalue weighted by Gasteiger charge is 2.48. The first-order chi connectivity index (χ1) is 22.6. The summed E-state index contributed by atoms with van der Waals surface area (Å²) in [7, 11) is 0. The molecule has 1 unspecified atom stereocenters. The Balaban J connectivity index is 1.08. The minimum Gasteiger partial charge on any atom is -0.444 e. The van der Waals surface area contributed by atoms with Crippen LogP contribution in [-0.4, -0.2) is 81.7 Å². The molecule has 4 heterocycles. The van der Waals surface area contributed by atoms with Gasteiger partial charge in [0, 0.05) is 24.8 Å². The SMILES string of the molecule is CC(C)(C)OC(=O)N1CC[C@@H]2[C@H]1CC(C1CCC1)CN2c1cnc(C(N)=O)c(Nc2ccc(C3CCN(C4CCCC4)CC3)cc2)n1. The van der Waals surface area contributed by atoms with Crippen LogP contribution >= 0.6 is 0 Å². The zero-order valence-electron chi connectivity index (χ0n) is 28.5. The number of hydrogen-bond acceptors (Lipinski definition) is 8. The number of hydrogen-bond donors (Lipinski definition) is 2. The number of nitrogens with one attached hydrogen (secondary N) is 1. The lowest BCUT2D eigenvalue weighted by molar-refractivity contribution is 0.0159. The largest absolute Gasteiger partial charge is 0.444 e. The smallest absolute Gasteiger partial charge is 0.410 e. The quantitative estimate of drug-likeness (QED) is 0.354. The maximum Gasteiger partial charge on any atom is 0.410 e. The number of fused-ring (bicyclic) bond motifs is 1. The summed E-state index contributed by atoms with van der Waals surface area (Å²) >= 11 is 0. The minimum atomic E-state index is -0.613. The molecule has 3 N–H and O–H groups in total. The van der Waals surface area contributed by atoms with Crippen molar-refractivity contribution in [2.24, 2.45) is 17.6 Å². The van der Waals surface area contributed by atoms with Gasteiger partial charge in [0.15, 0.2) is 11.5 Å². The first-order valence-electron chi connectivity index (χ1n) is 18.2. The molecule has 254 valence electrons. The predicted molar refractivity (Wildman–Crippen MR) is 184 cm³/mol. The molecule has 2 amide bonds. The fraction of sp³-hybridized carbons (Fsp3) is 0.676. The Kier molecular flexibility index (Phi) is 9.06. The third kappa shape index (κ3) is 6.94. The van der Waals surface area contributed by atoms with E-state index in [-0.39, 0.29) is 23.9 Å². The maximum atomic E-state index is 13.3. The number of carbonyl (C=O) groups excluding carboxylic acids is 2. The molecule has 5 aliphatic rings. The van der Waals surface area contributed by atoms with E-state index in [1.807, 2.05) is 25.7 Å². The predicted octanol–water partition coefficient (Wildman–Crippen LogP) is 6.45. The number of nitrogens with two attached hydrogens (primary N) is 1. The molecule has 2 aliphatic carbocycles. The molecule has 0 bridgehead atoms. The molecule has 3 aliphatic heterocycles. The van der Waals surface area contributed by atoms with Crippen molar-refractivity contribution in [2.75, 3.05) is 36.4 Å². The van der Waals surface area contributed by atoms with E-state index < -0.39 is 11.5 Å². The van der Waals surface area contributed by atoms with Crippen LogP contribution in [-0.2, 0) is 4.74 Å². The number of rotatable bonds is 7. The molecule has 0 spiro atoms. The number of aromatic nitrogens is 2. The number of ether oxygens (including phenoxy) is 1. The fourth-order valence-electron chi connectivity index (χ4n) is 8.95. The minimum absolute atomic E-state index is 0.0517. The van der Waals surface area contributed by atoms with Crippen molar-refractivity contribution in [1.82, 2.24) is 19.8 Å². The lowest BCUT2D eigenvalue weighted by Crippen LogP contribution is -2.56. The zero-order chi connectivity index (χ0) is 32.7. The van der Waals surface area contributed by atoms with E-state index in [0.717, 1.165) is 31.1 Å². The number of carbonyl (C=O) groups is 2. The van der Waals surface area contributed by atoms with Gasteiger partial charge in [-0.3, -0.25) is 4.79 Å². The van der Waals surface area contributed by atoms with Crippen LogP contribution in [0.4, 0.5) is 22.1 Å². The molecular weight excluding hydrogens is 590 g/mol.